The fraction of sp³-hybridized carbons (Fsp3) is 0.438. The number of H-pyrrole nitrogens is 1. The first-order chi connectivity index (χ1) is 10.2. The van der Waals surface area contributed by atoms with Gasteiger partial charge >= 0.3 is 0 Å². The highest BCUT2D eigenvalue weighted by Gasteiger charge is 2.25. The minimum atomic E-state index is -0.219. The molecule has 5 heteroatoms. The van der Waals surface area contributed by atoms with Crippen molar-refractivity contribution in [1.82, 2.24) is 15.2 Å². The minimum Gasteiger partial charge on any atom is -0.361 e. The van der Waals surface area contributed by atoms with Crippen LogP contribution in [0.15, 0.2) is 24.4 Å². The molecule has 1 aromatic carbocycles. The molecule has 4 nitrogen and oxygen atoms in total. The van der Waals surface area contributed by atoms with Crippen LogP contribution in [-0.4, -0.2) is 42.5 Å². The predicted octanol–water partition coefficient (Wildman–Crippen LogP) is 2.23. The van der Waals surface area contributed by atoms with E-state index in [9.17, 15) is 9.18 Å². The van der Waals surface area contributed by atoms with Crippen molar-refractivity contribution in [2.75, 3.05) is 26.7 Å². The van der Waals surface area contributed by atoms with Crippen LogP contribution in [0.5, 0.6) is 0 Å². The second kappa shape index (κ2) is 5.85. The van der Waals surface area contributed by atoms with Gasteiger partial charge in [0.25, 0.3) is 0 Å². The molecule has 2 N–H and O–H groups in total. The van der Waals surface area contributed by atoms with Crippen LogP contribution in [0.4, 0.5) is 4.39 Å². The van der Waals surface area contributed by atoms with Crippen molar-refractivity contribution in [1.29, 1.82) is 0 Å². The van der Waals surface area contributed by atoms with E-state index < -0.39 is 0 Å². The van der Waals surface area contributed by atoms with Crippen LogP contribution in [0.2, 0.25) is 0 Å². The Morgan fingerprint density at radius 1 is 1.43 bits per heavy atom. The molecule has 1 aliphatic rings. The van der Waals surface area contributed by atoms with Gasteiger partial charge in [-0.05, 0) is 49.6 Å². The fourth-order valence-electron chi connectivity index (χ4n) is 3.16. The van der Waals surface area contributed by atoms with Crippen LogP contribution in [0.1, 0.15) is 24.3 Å². The lowest BCUT2D eigenvalue weighted by molar-refractivity contribution is -0.131. The van der Waals surface area contributed by atoms with Crippen LogP contribution in [0.3, 0.4) is 0 Å². The molecule has 3 rings (SSSR count). The lowest BCUT2D eigenvalue weighted by Crippen LogP contribution is -2.41. The highest BCUT2D eigenvalue weighted by molar-refractivity contribution is 5.84. The van der Waals surface area contributed by atoms with Crippen LogP contribution in [0.25, 0.3) is 10.9 Å². The summed E-state index contributed by atoms with van der Waals surface area (Å²) in [5, 5.41) is 4.00. The Hall–Kier alpha value is -1.88. The number of nitrogens with one attached hydrogen (secondary N) is 2. The summed E-state index contributed by atoms with van der Waals surface area (Å²) in [6, 6.07) is 4.88. The van der Waals surface area contributed by atoms with Crippen LogP contribution in [-0.2, 0) is 4.79 Å². The number of aromatic nitrogens is 1. The third kappa shape index (κ3) is 2.78. The molecule has 112 valence electrons. The van der Waals surface area contributed by atoms with Crippen LogP contribution in [0, 0.1) is 5.82 Å². The maximum Gasteiger partial charge on any atom is 0.236 e. The van der Waals surface area contributed by atoms with E-state index in [1.54, 1.807) is 7.05 Å². The van der Waals surface area contributed by atoms with Crippen molar-refractivity contribution in [3.63, 3.8) is 0 Å². The minimum absolute atomic E-state index is 0.164. The van der Waals surface area contributed by atoms with Crippen molar-refractivity contribution >= 4 is 16.8 Å². The third-order valence-corrected chi connectivity index (χ3v) is 4.29. The molecule has 0 radical (unpaired) electrons. The number of halogens is 1. The van der Waals surface area contributed by atoms with Gasteiger partial charge in [-0.25, -0.2) is 4.39 Å². The van der Waals surface area contributed by atoms with Gasteiger partial charge < -0.3 is 15.2 Å². The van der Waals surface area contributed by atoms with E-state index in [1.165, 1.54) is 17.7 Å². The lowest BCUT2D eigenvalue weighted by Gasteiger charge is -2.32. The molecule has 1 aromatic heterocycles. The molecule has 0 aliphatic carbocycles. The molecule has 2 heterocycles. The van der Waals surface area contributed by atoms with E-state index in [2.05, 4.69) is 10.3 Å². The number of amides is 1. The number of hydrogen-bond acceptors (Lipinski definition) is 2. The summed E-state index contributed by atoms with van der Waals surface area (Å²) in [6.45, 7) is 1.98. The number of likely N-dealkylation sites (N-methyl/N-ethyl adjacent to an activating group) is 1. The quantitative estimate of drug-likeness (QED) is 0.910. The maximum absolute atomic E-state index is 13.2. The van der Waals surface area contributed by atoms with E-state index >= 15 is 0 Å². The molecule has 0 spiro atoms. The molecule has 0 bridgehead atoms. The van der Waals surface area contributed by atoms with Gasteiger partial charge in [-0.2, -0.15) is 0 Å². The number of fused-ring (bicyclic) bond motifs is 1. The van der Waals surface area contributed by atoms with Crippen LogP contribution >= 0.6 is 0 Å². The Labute approximate surface area is 123 Å². The number of hydrogen-bond donors (Lipinski definition) is 2. The summed E-state index contributed by atoms with van der Waals surface area (Å²) >= 11 is 0. The molecule has 1 amide bonds. The topological polar surface area (TPSA) is 48.1 Å². The zero-order chi connectivity index (χ0) is 14.8. The number of likely N-dealkylation sites (tertiary alicyclic amines) is 1. The number of nitrogens with zero attached hydrogens (tertiary/aromatic N) is 1. The smallest absolute Gasteiger partial charge is 0.236 e. The van der Waals surface area contributed by atoms with E-state index in [-0.39, 0.29) is 11.7 Å². The second-order valence-electron chi connectivity index (χ2n) is 5.62. The van der Waals surface area contributed by atoms with Gasteiger partial charge in [0.05, 0.1) is 6.54 Å². The Bertz CT molecular complexity index is 644. The third-order valence-electron chi connectivity index (χ3n) is 4.29. The number of benzene rings is 1. The summed E-state index contributed by atoms with van der Waals surface area (Å²) in [4.78, 5) is 16.9. The summed E-state index contributed by atoms with van der Waals surface area (Å²) in [5.74, 6) is 0.378. The molecular formula is C16H20FN3O. The molecule has 21 heavy (non-hydrogen) atoms. The molecule has 0 atom stereocenters. The monoisotopic (exact) mass is 289 g/mol. The molecule has 0 unspecified atom stereocenters. The number of aromatic amines is 1. The SMILES string of the molecule is CNCC(=O)N1CCC(c2c[nH]c3cc(F)ccc23)CC1. The molecule has 0 saturated carbocycles. The maximum atomic E-state index is 13.2. The van der Waals surface area contributed by atoms with Gasteiger partial charge in [-0.1, -0.05) is 0 Å². The molecular weight excluding hydrogens is 269 g/mol. The van der Waals surface area contributed by atoms with E-state index in [0.717, 1.165) is 36.8 Å². The largest absolute Gasteiger partial charge is 0.361 e. The van der Waals surface area contributed by atoms with Crippen molar-refractivity contribution in [3.8, 4) is 0 Å². The normalized spacial score (nSPS) is 16.6. The number of piperidine rings is 1. The molecule has 1 aliphatic heterocycles. The van der Waals surface area contributed by atoms with Gasteiger partial charge in [-0.3, -0.25) is 4.79 Å². The van der Waals surface area contributed by atoms with Crippen molar-refractivity contribution in [2.45, 2.75) is 18.8 Å². The Balaban J connectivity index is 1.72. The first-order valence-electron chi connectivity index (χ1n) is 7.38. The van der Waals surface area contributed by atoms with Gasteiger partial charge in [0, 0.05) is 30.2 Å². The number of carbonyl (C=O) groups is 1. The second-order valence-corrected chi connectivity index (χ2v) is 5.62. The van der Waals surface area contributed by atoms with E-state index in [4.69, 9.17) is 0 Å². The van der Waals surface area contributed by atoms with Crippen molar-refractivity contribution < 1.29 is 9.18 Å². The van der Waals surface area contributed by atoms with Gasteiger partial charge in [0.1, 0.15) is 5.82 Å². The summed E-state index contributed by atoms with van der Waals surface area (Å²) in [7, 11) is 1.79. The Morgan fingerprint density at radius 2 is 2.19 bits per heavy atom. The van der Waals surface area contributed by atoms with E-state index in [0.29, 0.717) is 12.5 Å². The number of rotatable bonds is 3. The average molecular weight is 289 g/mol. The zero-order valence-corrected chi connectivity index (χ0v) is 12.2. The average Bonchev–Trinajstić information content (AvgIpc) is 2.90. The summed E-state index contributed by atoms with van der Waals surface area (Å²) in [5.41, 5.74) is 2.09. The van der Waals surface area contributed by atoms with Crippen LogP contribution < -0.4 is 5.32 Å². The fourth-order valence-corrected chi connectivity index (χ4v) is 3.16. The molecule has 1 saturated heterocycles. The van der Waals surface area contributed by atoms with E-state index in [1.807, 2.05) is 17.2 Å². The van der Waals surface area contributed by atoms with Gasteiger partial charge in [-0.15, -0.1) is 0 Å². The number of carbonyl (C=O) groups excluding carboxylic acids is 1. The Morgan fingerprint density at radius 3 is 2.90 bits per heavy atom. The Kier molecular flexibility index (Phi) is 3.92. The first kappa shape index (κ1) is 14.1. The lowest BCUT2D eigenvalue weighted by atomic mass is 9.89. The van der Waals surface area contributed by atoms with Gasteiger partial charge in [0.15, 0.2) is 0 Å². The highest BCUT2D eigenvalue weighted by atomic mass is 19.1. The predicted molar refractivity (Wildman–Crippen MR) is 80.7 cm³/mol. The highest BCUT2D eigenvalue weighted by Crippen LogP contribution is 2.33. The standard InChI is InChI=1S/C16H20FN3O/c1-18-10-16(21)20-6-4-11(5-7-20)14-9-19-15-8-12(17)2-3-13(14)15/h2-3,8-9,11,18-19H,4-7,10H2,1H3. The summed E-state index contributed by atoms with van der Waals surface area (Å²) < 4.78 is 13.2. The molecule has 1 fully saturated rings. The molecule has 2 aromatic rings. The van der Waals surface area contributed by atoms with Gasteiger partial charge in [0.2, 0.25) is 5.91 Å². The van der Waals surface area contributed by atoms with Crippen molar-refractivity contribution in [3.05, 3.63) is 35.8 Å². The first-order valence-corrected chi connectivity index (χ1v) is 7.38. The van der Waals surface area contributed by atoms with Crippen molar-refractivity contribution in [2.24, 2.45) is 0 Å². The summed E-state index contributed by atoms with van der Waals surface area (Å²) in [6.07, 6.45) is 3.90. The zero-order valence-electron chi connectivity index (χ0n) is 12.2.